The van der Waals surface area contributed by atoms with E-state index in [-0.39, 0.29) is 23.4 Å². The highest BCUT2D eigenvalue weighted by atomic mass is 32.1. The highest BCUT2D eigenvalue weighted by molar-refractivity contribution is 7.13. The van der Waals surface area contributed by atoms with E-state index in [0.29, 0.717) is 16.3 Å². The lowest BCUT2D eigenvalue weighted by Crippen LogP contribution is -2.34. The third-order valence-corrected chi connectivity index (χ3v) is 4.64. The first-order valence-electron chi connectivity index (χ1n) is 8.11. The predicted molar refractivity (Wildman–Crippen MR) is 102 cm³/mol. The van der Waals surface area contributed by atoms with Crippen LogP contribution in [0.15, 0.2) is 30.5 Å². The Balaban J connectivity index is 2.13. The van der Waals surface area contributed by atoms with Crippen molar-refractivity contribution >= 4 is 34.6 Å². The fourth-order valence-electron chi connectivity index (χ4n) is 2.03. The van der Waals surface area contributed by atoms with Gasteiger partial charge in [-0.25, -0.2) is 9.78 Å². The molecule has 1 aromatic heterocycles. The van der Waals surface area contributed by atoms with E-state index >= 15 is 0 Å². The molecule has 1 aromatic carbocycles. The summed E-state index contributed by atoms with van der Waals surface area (Å²) >= 11 is 1.37. The van der Waals surface area contributed by atoms with Crippen molar-refractivity contribution in [1.29, 1.82) is 0 Å². The molecule has 0 aliphatic carbocycles. The molecular weight excluding hydrogens is 336 g/mol. The Morgan fingerprint density at radius 3 is 2.20 bits per heavy atom. The second kappa shape index (κ2) is 7.65. The average molecular weight is 360 g/mol. The van der Waals surface area contributed by atoms with Crippen molar-refractivity contribution < 1.29 is 9.59 Å². The maximum atomic E-state index is 12.5. The lowest BCUT2D eigenvalue weighted by atomic mass is 9.98. The predicted octanol–water partition coefficient (Wildman–Crippen LogP) is 4.22. The van der Waals surface area contributed by atoms with E-state index in [2.05, 4.69) is 41.7 Å². The number of aromatic nitrogens is 1. The van der Waals surface area contributed by atoms with Crippen molar-refractivity contribution in [2.45, 2.75) is 46.1 Å². The van der Waals surface area contributed by atoms with Crippen LogP contribution in [0.2, 0.25) is 0 Å². The number of benzene rings is 1. The van der Waals surface area contributed by atoms with Gasteiger partial charge in [0.05, 0.1) is 22.6 Å². The number of carbonyl (C=O) groups excluding carboxylic acids is 2. The van der Waals surface area contributed by atoms with Gasteiger partial charge in [0.25, 0.3) is 5.91 Å². The molecular formula is C18H24N4O2S. The fraction of sp³-hybridized carbons (Fsp3) is 0.389. The largest absolute Gasteiger partial charge is 0.336 e. The Hall–Kier alpha value is -2.41. The van der Waals surface area contributed by atoms with Crippen molar-refractivity contribution in [3.8, 4) is 0 Å². The van der Waals surface area contributed by atoms with Crippen molar-refractivity contribution in [3.63, 3.8) is 0 Å². The van der Waals surface area contributed by atoms with Gasteiger partial charge in [-0.15, -0.1) is 11.3 Å². The second-order valence-corrected chi connectivity index (χ2v) is 8.06. The smallest absolute Gasteiger partial charge is 0.319 e. The summed E-state index contributed by atoms with van der Waals surface area (Å²) in [4.78, 5) is 29.3. The van der Waals surface area contributed by atoms with Crippen LogP contribution in [0.3, 0.4) is 0 Å². The molecule has 0 radical (unpaired) electrons. The Morgan fingerprint density at radius 1 is 1.08 bits per heavy atom. The molecule has 2 rings (SSSR count). The number of nitrogens with zero attached hydrogens (tertiary/aromatic N) is 1. The first-order valence-corrected chi connectivity index (χ1v) is 8.92. The molecule has 6 nitrogen and oxygen atoms in total. The Bertz CT molecular complexity index is 762. The second-order valence-electron chi connectivity index (χ2n) is 7.03. The lowest BCUT2D eigenvalue weighted by molar-refractivity contribution is 0.103. The van der Waals surface area contributed by atoms with Gasteiger partial charge in [0, 0.05) is 11.5 Å². The molecule has 0 saturated heterocycles. The van der Waals surface area contributed by atoms with Crippen molar-refractivity contribution in [3.05, 3.63) is 40.3 Å². The van der Waals surface area contributed by atoms with Gasteiger partial charge in [-0.3, -0.25) is 4.79 Å². The molecule has 3 N–H and O–H groups in total. The topological polar surface area (TPSA) is 83.1 Å². The zero-order valence-electron chi connectivity index (χ0n) is 15.1. The molecule has 3 amide bonds. The minimum Gasteiger partial charge on any atom is -0.336 e. The minimum atomic E-state index is -0.315. The number of para-hydroxylation sites is 2. The molecule has 0 aliphatic rings. The first-order chi connectivity index (χ1) is 11.7. The number of hydrogen-bond acceptors (Lipinski definition) is 4. The third kappa shape index (κ3) is 5.29. The molecule has 0 atom stereocenters. The molecule has 0 unspecified atom stereocenters. The quantitative estimate of drug-likeness (QED) is 0.763. The van der Waals surface area contributed by atoms with Gasteiger partial charge in [-0.05, 0) is 26.0 Å². The van der Waals surface area contributed by atoms with E-state index < -0.39 is 0 Å². The van der Waals surface area contributed by atoms with E-state index in [1.165, 1.54) is 11.3 Å². The number of rotatable bonds is 4. The maximum absolute atomic E-state index is 12.5. The molecule has 0 spiro atoms. The van der Waals surface area contributed by atoms with E-state index in [9.17, 15) is 9.59 Å². The summed E-state index contributed by atoms with van der Waals surface area (Å²) in [5, 5.41) is 9.25. The molecule has 0 saturated carbocycles. The van der Waals surface area contributed by atoms with Gasteiger partial charge in [-0.2, -0.15) is 0 Å². The summed E-state index contributed by atoms with van der Waals surface area (Å²) in [5.41, 5.74) is 0.976. The summed E-state index contributed by atoms with van der Waals surface area (Å²) in [5.74, 6) is -0.244. The summed E-state index contributed by atoms with van der Waals surface area (Å²) < 4.78 is 0. The summed E-state index contributed by atoms with van der Waals surface area (Å²) in [6.07, 6.45) is 1.59. The molecule has 2 aromatic rings. The standard InChI is InChI=1S/C18H24N4O2S/c1-11(2)20-17(24)22-13-9-7-6-8-12(13)21-15(23)14-10-19-16(25-14)18(3,4)5/h6-11H,1-5H3,(H,21,23)(H2,20,22,24). The van der Waals surface area contributed by atoms with Gasteiger partial charge >= 0.3 is 6.03 Å². The summed E-state index contributed by atoms with van der Waals surface area (Å²) in [6, 6.07) is 6.79. The molecule has 0 bridgehead atoms. The highest BCUT2D eigenvalue weighted by Gasteiger charge is 2.21. The van der Waals surface area contributed by atoms with Gasteiger partial charge in [0.2, 0.25) is 0 Å². The van der Waals surface area contributed by atoms with E-state index in [0.717, 1.165) is 5.01 Å². The monoisotopic (exact) mass is 360 g/mol. The zero-order chi connectivity index (χ0) is 18.6. The van der Waals surface area contributed by atoms with Gasteiger partial charge < -0.3 is 16.0 Å². The third-order valence-electron chi connectivity index (χ3n) is 3.21. The molecule has 7 heteroatoms. The lowest BCUT2D eigenvalue weighted by Gasteiger charge is -2.14. The van der Waals surface area contributed by atoms with Crippen LogP contribution in [0.1, 0.15) is 49.3 Å². The van der Waals surface area contributed by atoms with Gasteiger partial charge in [0.1, 0.15) is 4.88 Å². The van der Waals surface area contributed by atoms with Crippen LogP contribution in [0.4, 0.5) is 16.2 Å². The Labute approximate surface area is 152 Å². The number of urea groups is 1. The number of hydrogen-bond donors (Lipinski definition) is 3. The highest BCUT2D eigenvalue weighted by Crippen LogP contribution is 2.28. The summed E-state index contributed by atoms with van der Waals surface area (Å²) in [6.45, 7) is 9.92. The molecule has 134 valence electrons. The molecule has 1 heterocycles. The Kier molecular flexibility index (Phi) is 5.79. The van der Waals surface area contributed by atoms with Crippen LogP contribution in [-0.2, 0) is 5.41 Å². The van der Waals surface area contributed by atoms with E-state index in [4.69, 9.17) is 0 Å². The molecule has 25 heavy (non-hydrogen) atoms. The van der Waals surface area contributed by atoms with Gasteiger partial charge in [-0.1, -0.05) is 32.9 Å². The van der Waals surface area contributed by atoms with Crippen LogP contribution in [0, 0.1) is 0 Å². The van der Waals surface area contributed by atoms with Crippen molar-refractivity contribution in [1.82, 2.24) is 10.3 Å². The van der Waals surface area contributed by atoms with Crippen LogP contribution in [-0.4, -0.2) is 23.0 Å². The Morgan fingerprint density at radius 2 is 1.68 bits per heavy atom. The number of amides is 3. The average Bonchev–Trinajstić information content (AvgIpc) is 2.98. The summed E-state index contributed by atoms with van der Waals surface area (Å²) in [7, 11) is 0. The van der Waals surface area contributed by atoms with Gasteiger partial charge in [0.15, 0.2) is 0 Å². The maximum Gasteiger partial charge on any atom is 0.319 e. The van der Waals surface area contributed by atoms with Crippen LogP contribution < -0.4 is 16.0 Å². The van der Waals surface area contributed by atoms with Crippen molar-refractivity contribution in [2.75, 3.05) is 10.6 Å². The first kappa shape index (κ1) is 18.9. The molecule has 0 aliphatic heterocycles. The van der Waals surface area contributed by atoms with Crippen molar-refractivity contribution in [2.24, 2.45) is 0 Å². The van der Waals surface area contributed by atoms with E-state index in [1.54, 1.807) is 30.5 Å². The van der Waals surface area contributed by atoms with Crippen LogP contribution in [0.25, 0.3) is 0 Å². The minimum absolute atomic E-state index is 0.0229. The van der Waals surface area contributed by atoms with Crippen LogP contribution in [0.5, 0.6) is 0 Å². The number of anilines is 2. The van der Waals surface area contributed by atoms with Crippen LogP contribution >= 0.6 is 11.3 Å². The number of thiazole rings is 1. The fourth-order valence-corrected chi connectivity index (χ4v) is 2.90. The number of carbonyl (C=O) groups is 2. The normalized spacial score (nSPS) is 11.3. The number of nitrogens with one attached hydrogen (secondary N) is 3. The van der Waals surface area contributed by atoms with E-state index in [1.807, 2.05) is 13.8 Å². The zero-order valence-corrected chi connectivity index (χ0v) is 16.0. The SMILES string of the molecule is CC(C)NC(=O)Nc1ccccc1NC(=O)c1cnc(C(C)(C)C)s1. The molecule has 0 fully saturated rings.